The number of halogens is 2. The number of nitrogens with one attached hydrogen (secondary N) is 1. The summed E-state index contributed by atoms with van der Waals surface area (Å²) in [5.74, 6) is 0.400. The zero-order valence-electron chi connectivity index (χ0n) is 10.4. The van der Waals surface area contributed by atoms with Crippen molar-refractivity contribution in [2.24, 2.45) is 0 Å². The van der Waals surface area contributed by atoms with Crippen LogP contribution in [0.5, 0.6) is 0 Å². The summed E-state index contributed by atoms with van der Waals surface area (Å²) in [6, 6.07) is 15.6. The van der Waals surface area contributed by atoms with Crippen molar-refractivity contribution in [3.63, 3.8) is 0 Å². The molecule has 1 nitrogen and oxygen atoms in total. The second-order valence-electron chi connectivity index (χ2n) is 5.07. The predicted octanol–water partition coefficient (Wildman–Crippen LogP) is 4.95. The van der Waals surface area contributed by atoms with E-state index in [0.29, 0.717) is 12.0 Å². The van der Waals surface area contributed by atoms with Crippen molar-refractivity contribution < 1.29 is 4.39 Å². The third-order valence-electron chi connectivity index (χ3n) is 3.67. The normalized spacial score (nSPS) is 21.8. The fraction of sp³-hybridized carbons (Fsp3) is 0.250. The lowest BCUT2D eigenvalue weighted by molar-refractivity contribution is 0.374. The van der Waals surface area contributed by atoms with Crippen LogP contribution in [0.4, 0.5) is 10.1 Å². The molecule has 1 fully saturated rings. The van der Waals surface area contributed by atoms with E-state index in [0.717, 1.165) is 23.0 Å². The van der Waals surface area contributed by atoms with E-state index < -0.39 is 0 Å². The van der Waals surface area contributed by atoms with Gasteiger partial charge in [0.25, 0.3) is 0 Å². The quantitative estimate of drug-likeness (QED) is 0.844. The fourth-order valence-electron chi connectivity index (χ4n) is 2.56. The van der Waals surface area contributed by atoms with Gasteiger partial charge in [0.2, 0.25) is 0 Å². The molecule has 3 rings (SSSR count). The molecule has 3 heteroatoms. The number of anilines is 1. The monoisotopic (exact) mass is 319 g/mol. The van der Waals surface area contributed by atoms with Gasteiger partial charge in [-0.1, -0.05) is 34.1 Å². The highest BCUT2D eigenvalue weighted by Crippen LogP contribution is 2.38. The van der Waals surface area contributed by atoms with Gasteiger partial charge in [0.1, 0.15) is 5.82 Å². The molecule has 2 aromatic carbocycles. The lowest BCUT2D eigenvalue weighted by atomic mass is 9.76. The summed E-state index contributed by atoms with van der Waals surface area (Å²) in [6.07, 6.45) is 2.22. The van der Waals surface area contributed by atoms with Crippen molar-refractivity contribution in [2.75, 3.05) is 5.32 Å². The smallest absolute Gasteiger partial charge is 0.123 e. The summed E-state index contributed by atoms with van der Waals surface area (Å²) in [5, 5.41) is 3.53. The van der Waals surface area contributed by atoms with Crippen LogP contribution in [0.15, 0.2) is 53.0 Å². The summed E-state index contributed by atoms with van der Waals surface area (Å²) < 4.78 is 13.9. The molecule has 0 amide bonds. The Labute approximate surface area is 121 Å². The van der Waals surface area contributed by atoms with Crippen LogP contribution in [0.3, 0.4) is 0 Å². The van der Waals surface area contributed by atoms with Gasteiger partial charge in [0, 0.05) is 16.2 Å². The molecule has 0 heterocycles. The van der Waals surface area contributed by atoms with Crippen LogP contribution in [0, 0.1) is 5.82 Å². The largest absolute Gasteiger partial charge is 0.382 e. The first-order valence-electron chi connectivity index (χ1n) is 6.48. The Morgan fingerprint density at radius 2 is 1.79 bits per heavy atom. The van der Waals surface area contributed by atoms with Gasteiger partial charge in [-0.2, -0.15) is 0 Å². The molecule has 0 aliphatic heterocycles. The molecule has 2 aromatic rings. The Bertz CT molecular complexity index is 561. The van der Waals surface area contributed by atoms with Crippen LogP contribution < -0.4 is 5.32 Å². The van der Waals surface area contributed by atoms with E-state index in [1.807, 2.05) is 24.3 Å². The molecule has 98 valence electrons. The van der Waals surface area contributed by atoms with E-state index in [1.54, 1.807) is 12.1 Å². The summed E-state index contributed by atoms with van der Waals surface area (Å²) in [4.78, 5) is 0. The molecule has 0 spiro atoms. The molecule has 1 N–H and O–H groups in total. The van der Waals surface area contributed by atoms with Crippen molar-refractivity contribution in [2.45, 2.75) is 24.8 Å². The molecule has 0 unspecified atom stereocenters. The minimum absolute atomic E-state index is 0.160. The Hall–Kier alpha value is -1.35. The number of hydrogen-bond donors (Lipinski definition) is 1. The average Bonchev–Trinajstić information content (AvgIpc) is 2.35. The first kappa shape index (κ1) is 12.7. The fourth-order valence-corrected chi connectivity index (χ4v) is 2.96. The van der Waals surface area contributed by atoms with Gasteiger partial charge >= 0.3 is 0 Å². The lowest BCUT2D eigenvalue weighted by Crippen LogP contribution is -2.33. The van der Waals surface area contributed by atoms with E-state index in [4.69, 9.17) is 0 Å². The van der Waals surface area contributed by atoms with Gasteiger partial charge in [0.15, 0.2) is 0 Å². The molecule has 1 saturated carbocycles. The predicted molar refractivity (Wildman–Crippen MR) is 79.9 cm³/mol. The molecule has 0 atom stereocenters. The van der Waals surface area contributed by atoms with E-state index in [1.165, 1.54) is 5.56 Å². The van der Waals surface area contributed by atoms with E-state index in [-0.39, 0.29) is 5.82 Å². The standard InChI is InChI=1S/C16H15BrFN/c17-13-2-1-3-15(10-13)19-16-8-12(9-16)11-4-6-14(18)7-5-11/h1-7,10,12,16,19H,8-9H2. The molecule has 1 aliphatic carbocycles. The summed E-state index contributed by atoms with van der Waals surface area (Å²) in [7, 11) is 0. The zero-order chi connectivity index (χ0) is 13.2. The van der Waals surface area contributed by atoms with Gasteiger partial charge < -0.3 is 5.32 Å². The van der Waals surface area contributed by atoms with Crippen LogP contribution in [0.1, 0.15) is 24.3 Å². The molecular formula is C16H15BrFN. The minimum atomic E-state index is -0.160. The first-order chi connectivity index (χ1) is 9.20. The Balaban J connectivity index is 1.57. The van der Waals surface area contributed by atoms with Crippen LogP contribution in [-0.4, -0.2) is 6.04 Å². The average molecular weight is 320 g/mol. The maximum atomic E-state index is 12.9. The molecule has 0 bridgehead atoms. The molecule has 1 aliphatic rings. The van der Waals surface area contributed by atoms with Crippen molar-refractivity contribution >= 4 is 21.6 Å². The topological polar surface area (TPSA) is 12.0 Å². The van der Waals surface area contributed by atoms with Gasteiger partial charge in [-0.15, -0.1) is 0 Å². The molecule has 0 saturated heterocycles. The van der Waals surface area contributed by atoms with Gasteiger partial charge in [-0.05, 0) is 54.7 Å². The van der Waals surface area contributed by atoms with Crippen molar-refractivity contribution in [3.8, 4) is 0 Å². The van der Waals surface area contributed by atoms with Crippen LogP contribution in [-0.2, 0) is 0 Å². The Morgan fingerprint density at radius 1 is 1.05 bits per heavy atom. The van der Waals surface area contributed by atoms with Crippen molar-refractivity contribution in [3.05, 3.63) is 64.4 Å². The summed E-state index contributed by atoms with van der Waals surface area (Å²) >= 11 is 3.47. The Kier molecular flexibility index (Phi) is 3.56. The highest BCUT2D eigenvalue weighted by Gasteiger charge is 2.30. The van der Waals surface area contributed by atoms with E-state index in [2.05, 4.69) is 33.4 Å². The number of hydrogen-bond acceptors (Lipinski definition) is 1. The first-order valence-corrected chi connectivity index (χ1v) is 7.27. The maximum absolute atomic E-state index is 12.9. The minimum Gasteiger partial charge on any atom is -0.382 e. The second kappa shape index (κ2) is 5.33. The number of benzene rings is 2. The van der Waals surface area contributed by atoms with Crippen LogP contribution in [0.25, 0.3) is 0 Å². The molecular weight excluding hydrogens is 305 g/mol. The van der Waals surface area contributed by atoms with E-state index in [9.17, 15) is 4.39 Å². The maximum Gasteiger partial charge on any atom is 0.123 e. The van der Waals surface area contributed by atoms with Crippen molar-refractivity contribution in [1.82, 2.24) is 0 Å². The van der Waals surface area contributed by atoms with Gasteiger partial charge in [0.05, 0.1) is 0 Å². The second-order valence-corrected chi connectivity index (χ2v) is 5.99. The third-order valence-corrected chi connectivity index (χ3v) is 4.17. The molecule has 19 heavy (non-hydrogen) atoms. The van der Waals surface area contributed by atoms with Gasteiger partial charge in [-0.25, -0.2) is 4.39 Å². The van der Waals surface area contributed by atoms with E-state index >= 15 is 0 Å². The summed E-state index contributed by atoms with van der Waals surface area (Å²) in [5.41, 5.74) is 2.39. The lowest BCUT2D eigenvalue weighted by Gasteiger charge is -2.37. The Morgan fingerprint density at radius 3 is 2.47 bits per heavy atom. The number of rotatable bonds is 3. The van der Waals surface area contributed by atoms with Gasteiger partial charge in [-0.3, -0.25) is 0 Å². The highest BCUT2D eigenvalue weighted by molar-refractivity contribution is 9.10. The highest BCUT2D eigenvalue weighted by atomic mass is 79.9. The van der Waals surface area contributed by atoms with Crippen LogP contribution >= 0.6 is 15.9 Å². The molecule has 0 aromatic heterocycles. The molecule has 0 radical (unpaired) electrons. The zero-order valence-corrected chi connectivity index (χ0v) is 12.0. The SMILES string of the molecule is Fc1ccc(C2CC(Nc3cccc(Br)c3)C2)cc1. The third kappa shape index (κ3) is 2.98. The van der Waals surface area contributed by atoms with Crippen molar-refractivity contribution in [1.29, 1.82) is 0 Å². The summed E-state index contributed by atoms with van der Waals surface area (Å²) in [6.45, 7) is 0. The van der Waals surface area contributed by atoms with Crippen LogP contribution in [0.2, 0.25) is 0 Å².